The lowest BCUT2D eigenvalue weighted by molar-refractivity contribution is -0.137. The Morgan fingerprint density at radius 1 is 1.05 bits per heavy atom. The SMILES string of the molecule is O=CN(c1ccc(C(F)(F)F)cc1)C1CCCCC1. The zero-order chi connectivity index (χ0) is 13.9. The molecule has 0 spiro atoms. The van der Waals surface area contributed by atoms with E-state index < -0.39 is 11.7 Å². The van der Waals surface area contributed by atoms with Gasteiger partial charge in [0.1, 0.15) is 0 Å². The highest BCUT2D eigenvalue weighted by atomic mass is 19.4. The lowest BCUT2D eigenvalue weighted by Crippen LogP contribution is -2.35. The van der Waals surface area contributed by atoms with Crippen LogP contribution in [0.1, 0.15) is 37.7 Å². The third-order valence-corrected chi connectivity index (χ3v) is 3.57. The van der Waals surface area contributed by atoms with Crippen molar-refractivity contribution in [2.24, 2.45) is 0 Å². The molecular formula is C14H16F3NO. The maximum absolute atomic E-state index is 12.5. The van der Waals surface area contributed by atoms with Crippen molar-refractivity contribution in [2.75, 3.05) is 4.90 Å². The third-order valence-electron chi connectivity index (χ3n) is 3.57. The predicted molar refractivity (Wildman–Crippen MR) is 66.9 cm³/mol. The van der Waals surface area contributed by atoms with Gasteiger partial charge in [-0.1, -0.05) is 19.3 Å². The van der Waals surface area contributed by atoms with Gasteiger partial charge in [0.15, 0.2) is 0 Å². The van der Waals surface area contributed by atoms with Crippen LogP contribution in [0.4, 0.5) is 18.9 Å². The monoisotopic (exact) mass is 271 g/mol. The molecule has 2 rings (SSSR count). The van der Waals surface area contributed by atoms with Crippen molar-refractivity contribution < 1.29 is 18.0 Å². The Hall–Kier alpha value is -1.52. The Morgan fingerprint density at radius 3 is 2.11 bits per heavy atom. The van der Waals surface area contributed by atoms with Crippen molar-refractivity contribution in [3.8, 4) is 0 Å². The van der Waals surface area contributed by atoms with E-state index in [-0.39, 0.29) is 6.04 Å². The molecule has 0 aromatic heterocycles. The zero-order valence-electron chi connectivity index (χ0n) is 10.5. The molecule has 1 fully saturated rings. The van der Waals surface area contributed by atoms with E-state index in [4.69, 9.17) is 0 Å². The fourth-order valence-electron chi connectivity index (χ4n) is 2.54. The third kappa shape index (κ3) is 3.28. The lowest BCUT2D eigenvalue weighted by Gasteiger charge is -2.31. The summed E-state index contributed by atoms with van der Waals surface area (Å²) in [6.45, 7) is 0. The number of nitrogens with zero attached hydrogens (tertiary/aromatic N) is 1. The molecule has 0 bridgehead atoms. The van der Waals surface area contributed by atoms with Gasteiger partial charge in [0.2, 0.25) is 6.41 Å². The molecule has 0 heterocycles. The molecule has 0 unspecified atom stereocenters. The Bertz CT molecular complexity index is 421. The largest absolute Gasteiger partial charge is 0.416 e. The number of anilines is 1. The number of amides is 1. The molecule has 0 N–H and O–H groups in total. The molecule has 2 nitrogen and oxygen atoms in total. The van der Waals surface area contributed by atoms with E-state index in [2.05, 4.69) is 0 Å². The van der Waals surface area contributed by atoms with Gasteiger partial charge < -0.3 is 4.90 Å². The molecule has 1 amide bonds. The highest BCUT2D eigenvalue weighted by Gasteiger charge is 2.30. The van der Waals surface area contributed by atoms with Crippen LogP contribution in [-0.4, -0.2) is 12.5 Å². The summed E-state index contributed by atoms with van der Waals surface area (Å²) in [6.07, 6.45) is 1.51. The van der Waals surface area contributed by atoms with E-state index in [0.717, 1.165) is 50.6 Å². The van der Waals surface area contributed by atoms with Crippen molar-refractivity contribution >= 4 is 12.1 Å². The van der Waals surface area contributed by atoms with Gasteiger partial charge in [-0.2, -0.15) is 13.2 Å². The van der Waals surface area contributed by atoms with Crippen molar-refractivity contribution in [1.82, 2.24) is 0 Å². The molecule has 0 atom stereocenters. The summed E-state index contributed by atoms with van der Waals surface area (Å²) in [5.41, 5.74) is -0.152. The molecule has 0 aliphatic heterocycles. The van der Waals surface area contributed by atoms with E-state index in [9.17, 15) is 18.0 Å². The van der Waals surface area contributed by atoms with Crippen LogP contribution in [-0.2, 0) is 11.0 Å². The van der Waals surface area contributed by atoms with Crippen LogP contribution in [0.2, 0.25) is 0 Å². The first kappa shape index (κ1) is 13.9. The maximum atomic E-state index is 12.5. The first-order chi connectivity index (χ1) is 9.02. The summed E-state index contributed by atoms with van der Waals surface area (Å²) in [6, 6.07) is 4.89. The summed E-state index contributed by atoms with van der Waals surface area (Å²) >= 11 is 0. The molecule has 1 aromatic carbocycles. The first-order valence-corrected chi connectivity index (χ1v) is 6.43. The fraction of sp³-hybridized carbons (Fsp3) is 0.500. The summed E-state index contributed by atoms with van der Waals surface area (Å²) < 4.78 is 37.4. The second-order valence-corrected chi connectivity index (χ2v) is 4.85. The zero-order valence-corrected chi connectivity index (χ0v) is 10.5. The van der Waals surface area contributed by atoms with Gasteiger partial charge in [0.05, 0.1) is 5.56 Å². The summed E-state index contributed by atoms with van der Waals surface area (Å²) in [7, 11) is 0. The number of alkyl halides is 3. The topological polar surface area (TPSA) is 20.3 Å². The second-order valence-electron chi connectivity index (χ2n) is 4.85. The molecule has 104 valence electrons. The minimum atomic E-state index is -4.34. The number of hydrogen-bond acceptors (Lipinski definition) is 1. The molecule has 0 saturated heterocycles. The van der Waals surface area contributed by atoms with Gasteiger partial charge in [-0.3, -0.25) is 4.79 Å². The standard InChI is InChI=1S/C14H16F3NO/c15-14(16,17)11-6-8-13(9-7-11)18(10-19)12-4-2-1-3-5-12/h6-10,12H,1-5H2. The molecule has 1 aromatic rings. The van der Waals surface area contributed by atoms with Gasteiger partial charge in [-0.15, -0.1) is 0 Å². The number of halogens is 3. The number of carbonyl (C=O) groups excluding carboxylic acids is 1. The Kier molecular flexibility index (Phi) is 4.12. The van der Waals surface area contributed by atoms with Crippen LogP contribution in [0.3, 0.4) is 0 Å². The van der Waals surface area contributed by atoms with E-state index >= 15 is 0 Å². The van der Waals surface area contributed by atoms with Crippen molar-refractivity contribution in [1.29, 1.82) is 0 Å². The first-order valence-electron chi connectivity index (χ1n) is 6.43. The highest BCUT2D eigenvalue weighted by molar-refractivity contribution is 5.76. The summed E-state index contributed by atoms with van der Waals surface area (Å²) in [5, 5.41) is 0. The average molecular weight is 271 g/mol. The molecule has 19 heavy (non-hydrogen) atoms. The van der Waals surface area contributed by atoms with E-state index in [1.54, 1.807) is 4.90 Å². The van der Waals surface area contributed by atoms with Crippen molar-refractivity contribution in [3.63, 3.8) is 0 Å². The Labute approximate surface area is 110 Å². The number of hydrogen-bond donors (Lipinski definition) is 0. The smallest absolute Gasteiger partial charge is 0.312 e. The highest BCUT2D eigenvalue weighted by Crippen LogP contribution is 2.32. The summed E-state index contributed by atoms with van der Waals surface area (Å²) in [4.78, 5) is 12.7. The van der Waals surface area contributed by atoms with Crippen LogP contribution < -0.4 is 4.90 Å². The van der Waals surface area contributed by atoms with Crippen molar-refractivity contribution in [2.45, 2.75) is 44.3 Å². The maximum Gasteiger partial charge on any atom is 0.416 e. The van der Waals surface area contributed by atoms with Crippen LogP contribution in [0.15, 0.2) is 24.3 Å². The van der Waals surface area contributed by atoms with E-state index in [0.29, 0.717) is 5.69 Å². The summed E-state index contributed by atoms with van der Waals surface area (Å²) in [5.74, 6) is 0. The Morgan fingerprint density at radius 2 is 1.63 bits per heavy atom. The van der Waals surface area contributed by atoms with Gasteiger partial charge in [0.25, 0.3) is 0 Å². The van der Waals surface area contributed by atoms with Crippen LogP contribution in [0, 0.1) is 0 Å². The van der Waals surface area contributed by atoms with Gasteiger partial charge >= 0.3 is 6.18 Å². The molecule has 1 saturated carbocycles. The van der Waals surface area contributed by atoms with Gasteiger partial charge in [0, 0.05) is 11.7 Å². The molecule has 0 radical (unpaired) electrons. The van der Waals surface area contributed by atoms with Gasteiger partial charge in [-0.25, -0.2) is 0 Å². The van der Waals surface area contributed by atoms with Crippen LogP contribution in [0.5, 0.6) is 0 Å². The molecule has 5 heteroatoms. The van der Waals surface area contributed by atoms with Crippen molar-refractivity contribution in [3.05, 3.63) is 29.8 Å². The number of rotatable bonds is 3. The molecule has 1 aliphatic rings. The second kappa shape index (κ2) is 5.63. The number of carbonyl (C=O) groups is 1. The fourth-order valence-corrected chi connectivity index (χ4v) is 2.54. The van der Waals surface area contributed by atoms with Crippen LogP contribution >= 0.6 is 0 Å². The predicted octanol–water partition coefficient (Wildman–Crippen LogP) is 4.00. The Balaban J connectivity index is 2.16. The quantitative estimate of drug-likeness (QED) is 0.761. The average Bonchev–Trinajstić information content (AvgIpc) is 2.40. The van der Waals surface area contributed by atoms with E-state index in [1.165, 1.54) is 12.1 Å². The number of benzene rings is 1. The van der Waals surface area contributed by atoms with Gasteiger partial charge in [-0.05, 0) is 37.1 Å². The minimum Gasteiger partial charge on any atom is -0.312 e. The normalized spacial score (nSPS) is 17.2. The molecular weight excluding hydrogens is 255 g/mol. The van der Waals surface area contributed by atoms with E-state index in [1.807, 2.05) is 0 Å². The lowest BCUT2D eigenvalue weighted by atomic mass is 9.94. The molecule has 1 aliphatic carbocycles. The minimum absolute atomic E-state index is 0.114. The van der Waals surface area contributed by atoms with Crippen LogP contribution in [0.25, 0.3) is 0 Å².